The van der Waals surface area contributed by atoms with Gasteiger partial charge in [-0.25, -0.2) is 4.79 Å². The number of nitrogens with one attached hydrogen (secondary N) is 3. The van der Waals surface area contributed by atoms with Crippen LogP contribution < -0.4 is 10.6 Å². The van der Waals surface area contributed by atoms with Crippen LogP contribution in [0.2, 0.25) is 0 Å². The van der Waals surface area contributed by atoms with Crippen LogP contribution in [0.25, 0.3) is 10.9 Å². The van der Waals surface area contributed by atoms with Crippen LogP contribution in [0.5, 0.6) is 0 Å². The SMILES string of the molecule is CNC(=O)c1ccc(NC(=O)N2CCc3c([nH]c4ccccc34)C2)cc1. The van der Waals surface area contributed by atoms with Crippen LogP contribution in [0, 0.1) is 0 Å². The highest BCUT2D eigenvalue weighted by Crippen LogP contribution is 2.27. The minimum absolute atomic E-state index is 0.137. The van der Waals surface area contributed by atoms with Gasteiger partial charge in [0, 0.05) is 41.4 Å². The number of rotatable bonds is 2. The lowest BCUT2D eigenvalue weighted by Crippen LogP contribution is -2.38. The van der Waals surface area contributed by atoms with Crippen molar-refractivity contribution in [3.05, 3.63) is 65.4 Å². The summed E-state index contributed by atoms with van der Waals surface area (Å²) < 4.78 is 0. The first-order chi connectivity index (χ1) is 12.7. The Hall–Kier alpha value is -3.28. The molecule has 3 aromatic rings. The molecule has 6 nitrogen and oxygen atoms in total. The second-order valence-electron chi connectivity index (χ2n) is 6.39. The number of aromatic amines is 1. The number of amides is 3. The van der Waals surface area contributed by atoms with E-state index in [1.54, 1.807) is 36.2 Å². The molecule has 2 heterocycles. The smallest absolute Gasteiger partial charge is 0.322 e. The average Bonchev–Trinajstić information content (AvgIpc) is 3.05. The maximum absolute atomic E-state index is 12.6. The van der Waals surface area contributed by atoms with Gasteiger partial charge >= 0.3 is 6.03 Å². The summed E-state index contributed by atoms with van der Waals surface area (Å²) in [5, 5.41) is 6.72. The van der Waals surface area contributed by atoms with E-state index in [2.05, 4.69) is 27.8 Å². The molecule has 6 heteroatoms. The molecular formula is C20H20N4O2. The van der Waals surface area contributed by atoms with E-state index < -0.39 is 0 Å². The number of benzene rings is 2. The number of urea groups is 1. The molecule has 0 saturated heterocycles. The maximum Gasteiger partial charge on any atom is 0.322 e. The summed E-state index contributed by atoms with van der Waals surface area (Å²) in [5.74, 6) is -0.148. The van der Waals surface area contributed by atoms with Crippen molar-refractivity contribution in [3.63, 3.8) is 0 Å². The van der Waals surface area contributed by atoms with Crippen molar-refractivity contribution in [3.8, 4) is 0 Å². The van der Waals surface area contributed by atoms with Gasteiger partial charge in [0.15, 0.2) is 0 Å². The number of carbonyl (C=O) groups excluding carboxylic acids is 2. The maximum atomic E-state index is 12.6. The Labute approximate surface area is 151 Å². The van der Waals surface area contributed by atoms with Gasteiger partial charge in [0.1, 0.15) is 0 Å². The van der Waals surface area contributed by atoms with Crippen LogP contribution in [0.4, 0.5) is 10.5 Å². The van der Waals surface area contributed by atoms with Crippen LogP contribution in [0.15, 0.2) is 48.5 Å². The van der Waals surface area contributed by atoms with Gasteiger partial charge < -0.3 is 20.5 Å². The van der Waals surface area contributed by atoms with Crippen LogP contribution in [0.3, 0.4) is 0 Å². The Kier molecular flexibility index (Phi) is 4.08. The van der Waals surface area contributed by atoms with Crippen molar-refractivity contribution >= 4 is 28.5 Å². The molecular weight excluding hydrogens is 328 g/mol. The summed E-state index contributed by atoms with van der Waals surface area (Å²) in [6.45, 7) is 1.24. The highest BCUT2D eigenvalue weighted by atomic mass is 16.2. The fraction of sp³-hybridized carbons (Fsp3) is 0.200. The predicted octanol–water partition coefficient (Wildman–Crippen LogP) is 3.12. The molecule has 3 amide bonds. The van der Waals surface area contributed by atoms with E-state index >= 15 is 0 Å². The van der Waals surface area contributed by atoms with Gasteiger partial charge in [-0.2, -0.15) is 0 Å². The Morgan fingerprint density at radius 3 is 2.62 bits per heavy atom. The first-order valence-corrected chi connectivity index (χ1v) is 8.62. The number of fused-ring (bicyclic) bond motifs is 3. The summed E-state index contributed by atoms with van der Waals surface area (Å²) >= 11 is 0. The average molecular weight is 348 g/mol. The van der Waals surface area contributed by atoms with E-state index in [0.29, 0.717) is 24.3 Å². The summed E-state index contributed by atoms with van der Waals surface area (Å²) in [6.07, 6.45) is 0.836. The van der Waals surface area contributed by atoms with Gasteiger partial charge in [-0.3, -0.25) is 4.79 Å². The van der Waals surface area contributed by atoms with E-state index in [-0.39, 0.29) is 11.9 Å². The lowest BCUT2D eigenvalue weighted by atomic mass is 10.0. The number of hydrogen-bond donors (Lipinski definition) is 3. The molecule has 2 aromatic carbocycles. The molecule has 0 saturated carbocycles. The predicted molar refractivity (Wildman–Crippen MR) is 101 cm³/mol. The fourth-order valence-corrected chi connectivity index (χ4v) is 3.42. The third-order valence-corrected chi connectivity index (χ3v) is 4.80. The molecule has 0 aliphatic carbocycles. The summed E-state index contributed by atoms with van der Waals surface area (Å²) in [6, 6.07) is 15.0. The number of anilines is 1. The van der Waals surface area contributed by atoms with Crippen LogP contribution in [-0.4, -0.2) is 35.4 Å². The summed E-state index contributed by atoms with van der Waals surface area (Å²) in [4.78, 5) is 29.4. The molecule has 0 spiro atoms. The molecule has 1 aliphatic heterocycles. The van der Waals surface area contributed by atoms with Crippen LogP contribution >= 0.6 is 0 Å². The second kappa shape index (κ2) is 6.55. The topological polar surface area (TPSA) is 77.2 Å². The lowest BCUT2D eigenvalue weighted by Gasteiger charge is -2.27. The zero-order chi connectivity index (χ0) is 18.1. The lowest BCUT2D eigenvalue weighted by molar-refractivity contribution is 0.0963. The molecule has 4 rings (SSSR count). The third-order valence-electron chi connectivity index (χ3n) is 4.80. The van der Waals surface area contributed by atoms with E-state index in [4.69, 9.17) is 0 Å². The molecule has 26 heavy (non-hydrogen) atoms. The largest absolute Gasteiger partial charge is 0.357 e. The minimum Gasteiger partial charge on any atom is -0.357 e. The molecule has 132 valence electrons. The highest BCUT2D eigenvalue weighted by Gasteiger charge is 2.23. The van der Waals surface area contributed by atoms with Crippen molar-refractivity contribution in [1.29, 1.82) is 0 Å². The van der Waals surface area contributed by atoms with Crippen molar-refractivity contribution in [2.75, 3.05) is 18.9 Å². The van der Waals surface area contributed by atoms with Crippen molar-refractivity contribution < 1.29 is 9.59 Å². The molecule has 0 radical (unpaired) electrons. The third kappa shape index (κ3) is 2.90. The molecule has 0 unspecified atom stereocenters. The van der Waals surface area contributed by atoms with Gasteiger partial charge in [-0.1, -0.05) is 18.2 Å². The monoisotopic (exact) mass is 348 g/mol. The van der Waals surface area contributed by atoms with Crippen molar-refractivity contribution in [2.45, 2.75) is 13.0 Å². The zero-order valence-corrected chi connectivity index (χ0v) is 14.5. The normalized spacial score (nSPS) is 13.3. The summed E-state index contributed by atoms with van der Waals surface area (Å²) in [5.41, 5.74) is 4.75. The number of para-hydroxylation sites is 1. The van der Waals surface area contributed by atoms with Crippen LogP contribution in [0.1, 0.15) is 21.6 Å². The number of carbonyl (C=O) groups is 2. The van der Waals surface area contributed by atoms with E-state index in [1.807, 2.05) is 12.1 Å². The Morgan fingerprint density at radius 2 is 1.85 bits per heavy atom. The Morgan fingerprint density at radius 1 is 1.08 bits per heavy atom. The molecule has 0 atom stereocenters. The van der Waals surface area contributed by atoms with Gasteiger partial charge in [0.2, 0.25) is 0 Å². The summed E-state index contributed by atoms with van der Waals surface area (Å²) in [7, 11) is 1.59. The van der Waals surface area contributed by atoms with Crippen molar-refractivity contribution in [2.24, 2.45) is 0 Å². The van der Waals surface area contributed by atoms with Crippen molar-refractivity contribution in [1.82, 2.24) is 15.2 Å². The first-order valence-electron chi connectivity index (χ1n) is 8.62. The standard InChI is InChI=1S/C20H20N4O2/c1-21-19(25)13-6-8-14(9-7-13)22-20(26)24-11-10-16-15-4-2-3-5-17(15)23-18(16)12-24/h2-9,23H,10-12H2,1H3,(H,21,25)(H,22,26). The van der Waals surface area contributed by atoms with Gasteiger partial charge in [0.05, 0.1) is 6.54 Å². The van der Waals surface area contributed by atoms with E-state index in [0.717, 1.165) is 17.6 Å². The Balaban J connectivity index is 1.47. The van der Waals surface area contributed by atoms with Gasteiger partial charge in [-0.05, 0) is 42.3 Å². The molecule has 3 N–H and O–H groups in total. The van der Waals surface area contributed by atoms with Gasteiger partial charge in [0.25, 0.3) is 5.91 Å². The molecule has 0 bridgehead atoms. The zero-order valence-electron chi connectivity index (χ0n) is 14.5. The minimum atomic E-state index is -0.148. The first kappa shape index (κ1) is 16.2. The second-order valence-corrected chi connectivity index (χ2v) is 6.39. The van der Waals surface area contributed by atoms with E-state index in [9.17, 15) is 9.59 Å². The van der Waals surface area contributed by atoms with Gasteiger partial charge in [-0.15, -0.1) is 0 Å². The number of H-pyrrole nitrogens is 1. The highest BCUT2D eigenvalue weighted by molar-refractivity contribution is 5.95. The number of aromatic nitrogens is 1. The fourth-order valence-electron chi connectivity index (χ4n) is 3.42. The van der Waals surface area contributed by atoms with E-state index in [1.165, 1.54) is 10.9 Å². The molecule has 1 aromatic heterocycles. The quantitative estimate of drug-likeness (QED) is 0.665. The molecule has 0 fully saturated rings. The number of hydrogen-bond acceptors (Lipinski definition) is 2. The Bertz CT molecular complexity index is 975. The number of nitrogens with zero attached hydrogens (tertiary/aromatic N) is 1. The van der Waals surface area contributed by atoms with Crippen LogP contribution in [-0.2, 0) is 13.0 Å². The molecule has 1 aliphatic rings.